The normalized spacial score (nSPS) is 10.4. The molecule has 0 spiro atoms. The van der Waals surface area contributed by atoms with Crippen LogP contribution in [0.5, 0.6) is 5.75 Å². The summed E-state index contributed by atoms with van der Waals surface area (Å²) in [6.45, 7) is 3.83. The van der Waals surface area contributed by atoms with Gasteiger partial charge in [-0.25, -0.2) is 0 Å². The zero-order valence-corrected chi connectivity index (χ0v) is 16.1. The number of carbonyl (C=O) groups is 1. The maximum absolute atomic E-state index is 12.6. The SMILES string of the molecule is CC(C)Oc1ccc(Br)cc1C(=O)NC(=S)N(C)c1ccccc1. The number of carbonyl (C=O) groups excluding carboxylic acids is 1. The Hall–Kier alpha value is -1.92. The Kier molecular flexibility index (Phi) is 6.34. The largest absolute Gasteiger partial charge is 0.490 e. The van der Waals surface area contributed by atoms with Crippen molar-refractivity contribution >= 4 is 44.9 Å². The summed E-state index contributed by atoms with van der Waals surface area (Å²) in [5.74, 6) is 0.218. The fraction of sp³-hybridized carbons (Fsp3) is 0.222. The third-order valence-electron chi connectivity index (χ3n) is 3.22. The Morgan fingerprint density at radius 3 is 2.50 bits per heavy atom. The Morgan fingerprint density at radius 2 is 1.88 bits per heavy atom. The molecule has 0 saturated carbocycles. The maximum atomic E-state index is 12.6. The van der Waals surface area contributed by atoms with Gasteiger partial charge in [0.05, 0.1) is 11.7 Å². The summed E-state index contributed by atoms with van der Waals surface area (Å²) in [5.41, 5.74) is 1.33. The monoisotopic (exact) mass is 406 g/mol. The van der Waals surface area contributed by atoms with Gasteiger partial charge >= 0.3 is 0 Å². The Labute approximate surface area is 155 Å². The molecule has 0 aliphatic rings. The van der Waals surface area contributed by atoms with E-state index in [0.29, 0.717) is 16.4 Å². The topological polar surface area (TPSA) is 41.6 Å². The third kappa shape index (κ3) is 4.79. The molecule has 126 valence electrons. The van der Waals surface area contributed by atoms with Crippen molar-refractivity contribution in [1.29, 1.82) is 0 Å². The third-order valence-corrected chi connectivity index (χ3v) is 4.09. The Bertz CT molecular complexity index is 735. The van der Waals surface area contributed by atoms with Crippen LogP contribution in [0, 0.1) is 0 Å². The number of thiocarbonyl (C=S) groups is 1. The summed E-state index contributed by atoms with van der Waals surface area (Å²) in [4.78, 5) is 14.4. The van der Waals surface area contributed by atoms with Crippen LogP contribution in [-0.4, -0.2) is 24.2 Å². The number of anilines is 1. The molecule has 0 fully saturated rings. The summed E-state index contributed by atoms with van der Waals surface area (Å²) in [7, 11) is 1.81. The molecule has 0 atom stereocenters. The molecule has 24 heavy (non-hydrogen) atoms. The van der Waals surface area contributed by atoms with Crippen molar-refractivity contribution in [2.45, 2.75) is 20.0 Å². The molecule has 0 radical (unpaired) electrons. The first-order valence-corrected chi connectivity index (χ1v) is 8.69. The summed E-state index contributed by atoms with van der Waals surface area (Å²) < 4.78 is 6.51. The van der Waals surface area contributed by atoms with Gasteiger partial charge in [0, 0.05) is 17.2 Å². The predicted molar refractivity (Wildman–Crippen MR) is 105 cm³/mol. The van der Waals surface area contributed by atoms with Crippen LogP contribution in [0.1, 0.15) is 24.2 Å². The van der Waals surface area contributed by atoms with Gasteiger partial charge < -0.3 is 9.64 Å². The molecule has 4 nitrogen and oxygen atoms in total. The number of nitrogens with zero attached hydrogens (tertiary/aromatic N) is 1. The van der Waals surface area contributed by atoms with E-state index >= 15 is 0 Å². The van der Waals surface area contributed by atoms with E-state index in [0.717, 1.165) is 10.2 Å². The van der Waals surface area contributed by atoms with Crippen LogP contribution in [0.2, 0.25) is 0 Å². The molecule has 0 aliphatic carbocycles. The van der Waals surface area contributed by atoms with E-state index in [-0.39, 0.29) is 12.0 Å². The van der Waals surface area contributed by atoms with Crippen molar-refractivity contribution < 1.29 is 9.53 Å². The highest BCUT2D eigenvalue weighted by Gasteiger charge is 2.17. The fourth-order valence-electron chi connectivity index (χ4n) is 2.05. The van der Waals surface area contributed by atoms with Gasteiger partial charge in [0.1, 0.15) is 5.75 Å². The minimum Gasteiger partial charge on any atom is -0.490 e. The van der Waals surface area contributed by atoms with Gasteiger partial charge in [-0.15, -0.1) is 0 Å². The van der Waals surface area contributed by atoms with E-state index in [1.807, 2.05) is 57.3 Å². The number of benzene rings is 2. The number of hydrogen-bond acceptors (Lipinski definition) is 3. The number of para-hydroxylation sites is 1. The van der Waals surface area contributed by atoms with Gasteiger partial charge in [0.2, 0.25) is 0 Å². The summed E-state index contributed by atoms with van der Waals surface area (Å²) >= 11 is 8.72. The predicted octanol–water partition coefficient (Wildman–Crippen LogP) is 4.39. The number of rotatable bonds is 4. The van der Waals surface area contributed by atoms with Gasteiger partial charge in [0.15, 0.2) is 5.11 Å². The molecule has 0 bridgehead atoms. The van der Waals surface area contributed by atoms with Crippen LogP contribution < -0.4 is 15.0 Å². The van der Waals surface area contributed by atoms with Crippen LogP contribution in [0.25, 0.3) is 0 Å². The molecule has 0 saturated heterocycles. The van der Waals surface area contributed by atoms with E-state index in [1.165, 1.54) is 0 Å². The molecular formula is C18H19BrN2O2S. The number of nitrogens with one attached hydrogen (secondary N) is 1. The van der Waals surface area contributed by atoms with Crippen molar-refractivity contribution in [2.75, 3.05) is 11.9 Å². The van der Waals surface area contributed by atoms with E-state index in [4.69, 9.17) is 17.0 Å². The molecule has 0 aliphatic heterocycles. The molecule has 2 aromatic rings. The molecule has 1 amide bonds. The van der Waals surface area contributed by atoms with Gasteiger partial charge in [-0.3, -0.25) is 10.1 Å². The molecule has 0 heterocycles. The second-order valence-electron chi connectivity index (χ2n) is 5.46. The van der Waals surface area contributed by atoms with Crippen molar-refractivity contribution in [2.24, 2.45) is 0 Å². The lowest BCUT2D eigenvalue weighted by Gasteiger charge is -2.21. The van der Waals surface area contributed by atoms with Gasteiger partial charge in [-0.05, 0) is 56.4 Å². The van der Waals surface area contributed by atoms with Gasteiger partial charge in [0.25, 0.3) is 5.91 Å². The zero-order valence-electron chi connectivity index (χ0n) is 13.7. The number of ether oxygens (including phenoxy) is 1. The molecule has 1 N–H and O–H groups in total. The van der Waals surface area contributed by atoms with E-state index in [9.17, 15) is 4.79 Å². The molecular weight excluding hydrogens is 388 g/mol. The molecule has 6 heteroatoms. The molecule has 0 aromatic heterocycles. The second-order valence-corrected chi connectivity index (χ2v) is 6.76. The smallest absolute Gasteiger partial charge is 0.261 e. The zero-order chi connectivity index (χ0) is 17.7. The quantitative estimate of drug-likeness (QED) is 0.764. The average Bonchev–Trinajstić information content (AvgIpc) is 2.56. The van der Waals surface area contributed by atoms with Crippen LogP contribution in [-0.2, 0) is 0 Å². The molecule has 0 unspecified atom stereocenters. The van der Waals surface area contributed by atoms with Crippen LogP contribution in [0.3, 0.4) is 0 Å². The Balaban J connectivity index is 2.17. The first kappa shape index (κ1) is 18.4. The molecule has 2 aromatic carbocycles. The van der Waals surface area contributed by atoms with Gasteiger partial charge in [-0.2, -0.15) is 0 Å². The van der Waals surface area contributed by atoms with E-state index in [1.54, 1.807) is 17.0 Å². The Morgan fingerprint density at radius 1 is 1.21 bits per heavy atom. The second kappa shape index (κ2) is 8.26. The summed E-state index contributed by atoms with van der Waals surface area (Å²) in [6, 6.07) is 14.9. The lowest BCUT2D eigenvalue weighted by molar-refractivity contribution is 0.0971. The van der Waals surface area contributed by atoms with E-state index in [2.05, 4.69) is 21.2 Å². The highest BCUT2D eigenvalue weighted by Crippen LogP contribution is 2.24. The minimum absolute atomic E-state index is 0.0309. The maximum Gasteiger partial charge on any atom is 0.261 e. The molecule has 2 rings (SSSR count). The highest BCUT2D eigenvalue weighted by atomic mass is 79.9. The van der Waals surface area contributed by atoms with Crippen LogP contribution in [0.15, 0.2) is 53.0 Å². The average molecular weight is 407 g/mol. The summed E-state index contributed by atoms with van der Waals surface area (Å²) in [5, 5.41) is 3.07. The van der Waals surface area contributed by atoms with Crippen molar-refractivity contribution in [1.82, 2.24) is 5.32 Å². The highest BCUT2D eigenvalue weighted by molar-refractivity contribution is 9.10. The van der Waals surface area contributed by atoms with Crippen molar-refractivity contribution in [3.63, 3.8) is 0 Å². The van der Waals surface area contributed by atoms with Crippen molar-refractivity contribution in [3.8, 4) is 5.75 Å². The standard InChI is InChI=1S/C18H19BrN2O2S/c1-12(2)23-16-10-9-13(19)11-15(16)17(22)20-18(24)21(3)14-7-5-4-6-8-14/h4-12H,1-3H3,(H,20,22,24). The lowest BCUT2D eigenvalue weighted by atomic mass is 10.2. The number of hydrogen-bond donors (Lipinski definition) is 1. The first-order chi connectivity index (χ1) is 11.4. The van der Waals surface area contributed by atoms with E-state index < -0.39 is 0 Å². The first-order valence-electron chi connectivity index (χ1n) is 7.48. The summed E-state index contributed by atoms with van der Waals surface area (Å²) in [6.07, 6.45) is -0.0309. The fourth-order valence-corrected chi connectivity index (χ4v) is 2.61. The number of amides is 1. The van der Waals surface area contributed by atoms with Crippen LogP contribution in [0.4, 0.5) is 5.69 Å². The lowest BCUT2D eigenvalue weighted by Crippen LogP contribution is -2.40. The van der Waals surface area contributed by atoms with Crippen LogP contribution >= 0.6 is 28.1 Å². The van der Waals surface area contributed by atoms with Gasteiger partial charge in [-0.1, -0.05) is 34.1 Å². The van der Waals surface area contributed by atoms with Crippen molar-refractivity contribution in [3.05, 3.63) is 58.6 Å². The number of halogens is 1. The minimum atomic E-state index is -0.306.